The largest absolute Gasteiger partial charge is 0.487 e. The lowest BCUT2D eigenvalue weighted by atomic mass is 9.76. The van der Waals surface area contributed by atoms with Gasteiger partial charge >= 0.3 is 0 Å². The summed E-state index contributed by atoms with van der Waals surface area (Å²) in [5, 5.41) is 3.05. The third-order valence-corrected chi connectivity index (χ3v) is 6.14. The van der Waals surface area contributed by atoms with Gasteiger partial charge in [0.15, 0.2) is 5.76 Å². The Labute approximate surface area is 177 Å². The molecule has 2 aliphatic heterocycles. The number of piperidine rings is 1. The maximum atomic E-state index is 12.6. The van der Waals surface area contributed by atoms with Crippen molar-refractivity contribution >= 4 is 11.8 Å². The minimum atomic E-state index is -0.336. The third kappa shape index (κ3) is 4.37. The molecule has 1 fully saturated rings. The molecule has 6 nitrogen and oxygen atoms in total. The molecule has 0 aliphatic carbocycles. The van der Waals surface area contributed by atoms with E-state index in [1.807, 2.05) is 23.1 Å². The van der Waals surface area contributed by atoms with Gasteiger partial charge in [0.1, 0.15) is 11.4 Å². The lowest BCUT2D eigenvalue weighted by Crippen LogP contribution is -2.52. The molecule has 0 bridgehead atoms. The predicted molar refractivity (Wildman–Crippen MR) is 113 cm³/mol. The van der Waals surface area contributed by atoms with Gasteiger partial charge < -0.3 is 19.4 Å². The van der Waals surface area contributed by atoms with Crippen LogP contribution >= 0.6 is 0 Å². The van der Waals surface area contributed by atoms with Crippen molar-refractivity contribution in [3.8, 4) is 5.75 Å². The van der Waals surface area contributed by atoms with Crippen molar-refractivity contribution in [2.24, 2.45) is 5.92 Å². The number of carbonyl (C=O) groups is 2. The topological polar surface area (TPSA) is 71.8 Å². The Balaban J connectivity index is 1.46. The highest BCUT2D eigenvalue weighted by atomic mass is 16.5. The van der Waals surface area contributed by atoms with E-state index >= 15 is 0 Å². The summed E-state index contributed by atoms with van der Waals surface area (Å²) in [5.41, 5.74) is 0.772. The molecule has 0 saturated carbocycles. The van der Waals surface area contributed by atoms with Gasteiger partial charge in [-0.3, -0.25) is 9.59 Å². The van der Waals surface area contributed by atoms with Gasteiger partial charge in [-0.15, -0.1) is 0 Å². The first-order chi connectivity index (χ1) is 14.5. The summed E-state index contributed by atoms with van der Waals surface area (Å²) < 4.78 is 11.8. The highest BCUT2D eigenvalue weighted by Gasteiger charge is 2.44. The number of para-hydroxylation sites is 1. The van der Waals surface area contributed by atoms with Crippen LogP contribution in [0.3, 0.4) is 0 Å². The van der Waals surface area contributed by atoms with Crippen molar-refractivity contribution in [3.63, 3.8) is 0 Å². The number of ether oxygens (including phenoxy) is 1. The predicted octanol–water partition coefficient (Wildman–Crippen LogP) is 3.98. The van der Waals surface area contributed by atoms with E-state index in [0.717, 1.165) is 30.6 Å². The fourth-order valence-electron chi connectivity index (χ4n) is 4.52. The van der Waals surface area contributed by atoms with Crippen LogP contribution in [0.5, 0.6) is 5.75 Å². The minimum Gasteiger partial charge on any atom is -0.487 e. The molecule has 3 heterocycles. The smallest absolute Gasteiger partial charge is 0.289 e. The number of likely N-dealkylation sites (tertiary alicyclic amines) is 1. The van der Waals surface area contributed by atoms with Crippen LogP contribution < -0.4 is 10.1 Å². The highest BCUT2D eigenvalue weighted by molar-refractivity contribution is 5.91. The Morgan fingerprint density at radius 3 is 2.63 bits per heavy atom. The molecule has 0 unspecified atom stereocenters. The molecule has 2 aromatic rings. The van der Waals surface area contributed by atoms with Gasteiger partial charge in [-0.25, -0.2) is 0 Å². The Morgan fingerprint density at radius 2 is 1.93 bits per heavy atom. The van der Waals surface area contributed by atoms with Gasteiger partial charge in [-0.1, -0.05) is 32.0 Å². The van der Waals surface area contributed by atoms with Gasteiger partial charge in [-0.05, 0) is 36.1 Å². The first-order valence-electron chi connectivity index (χ1n) is 10.8. The van der Waals surface area contributed by atoms with Gasteiger partial charge in [0.25, 0.3) is 5.91 Å². The van der Waals surface area contributed by atoms with Crippen molar-refractivity contribution in [1.29, 1.82) is 0 Å². The number of rotatable bonds is 5. The second kappa shape index (κ2) is 8.54. The molecule has 1 aromatic heterocycles. The van der Waals surface area contributed by atoms with Crippen molar-refractivity contribution in [1.82, 2.24) is 10.2 Å². The quantitative estimate of drug-likeness (QED) is 0.809. The standard InChI is InChI=1S/C24H30N2O4/c1-17(2)16-25-22(27)14-18-15-24(30-20-7-4-3-6-19(18)20)9-11-26(12-10-24)23(28)21-8-5-13-29-21/h3-8,13,17-18H,9-12,14-16H2,1-2H3,(H,25,27)/t18-/m1/s1. The summed E-state index contributed by atoms with van der Waals surface area (Å²) >= 11 is 0. The summed E-state index contributed by atoms with van der Waals surface area (Å²) in [7, 11) is 0. The Morgan fingerprint density at radius 1 is 1.17 bits per heavy atom. The van der Waals surface area contributed by atoms with Crippen LogP contribution in [0, 0.1) is 5.92 Å². The van der Waals surface area contributed by atoms with E-state index in [4.69, 9.17) is 9.15 Å². The number of hydrogen-bond donors (Lipinski definition) is 1. The summed E-state index contributed by atoms with van der Waals surface area (Å²) in [4.78, 5) is 27.0. The van der Waals surface area contributed by atoms with Crippen LogP contribution in [0.1, 0.15) is 61.6 Å². The molecule has 1 N–H and O–H groups in total. The molecule has 30 heavy (non-hydrogen) atoms. The van der Waals surface area contributed by atoms with Crippen LogP contribution in [0.25, 0.3) is 0 Å². The molecule has 160 valence electrons. The second-order valence-electron chi connectivity index (χ2n) is 8.90. The zero-order valence-electron chi connectivity index (χ0n) is 17.7. The van der Waals surface area contributed by atoms with E-state index in [0.29, 0.717) is 37.7 Å². The molecule has 2 amide bonds. The van der Waals surface area contributed by atoms with E-state index in [9.17, 15) is 9.59 Å². The van der Waals surface area contributed by atoms with Crippen molar-refractivity contribution < 1.29 is 18.7 Å². The van der Waals surface area contributed by atoms with E-state index in [1.165, 1.54) is 6.26 Å². The van der Waals surface area contributed by atoms with Crippen LogP contribution in [-0.4, -0.2) is 41.9 Å². The lowest BCUT2D eigenvalue weighted by Gasteiger charge is -2.46. The summed E-state index contributed by atoms with van der Waals surface area (Å²) in [6.45, 7) is 6.12. The molecule has 0 radical (unpaired) electrons. The molecule has 4 rings (SSSR count). The Kier molecular flexibility index (Phi) is 5.84. The summed E-state index contributed by atoms with van der Waals surface area (Å²) in [6.07, 6.45) is 4.27. The van der Waals surface area contributed by atoms with Gasteiger partial charge in [0.2, 0.25) is 5.91 Å². The normalized spacial score (nSPS) is 20.0. The maximum absolute atomic E-state index is 12.6. The fraction of sp³-hybridized carbons (Fsp3) is 0.500. The summed E-state index contributed by atoms with van der Waals surface area (Å²) in [6, 6.07) is 11.5. The van der Waals surface area contributed by atoms with Crippen molar-refractivity contribution in [2.75, 3.05) is 19.6 Å². The number of hydrogen-bond acceptors (Lipinski definition) is 4. The first-order valence-corrected chi connectivity index (χ1v) is 10.8. The first kappa shape index (κ1) is 20.5. The number of furan rings is 1. The van der Waals surface area contributed by atoms with Crippen LogP contribution in [0.15, 0.2) is 47.1 Å². The number of nitrogens with one attached hydrogen (secondary N) is 1. The van der Waals surface area contributed by atoms with Crippen molar-refractivity contribution in [3.05, 3.63) is 54.0 Å². The molecule has 2 aliphatic rings. The molecule has 1 atom stereocenters. The van der Waals surface area contributed by atoms with Gasteiger partial charge in [-0.2, -0.15) is 0 Å². The SMILES string of the molecule is CC(C)CNC(=O)C[C@@H]1CC2(CCN(C(=O)c3ccco3)CC2)Oc2ccccc21. The number of benzene rings is 1. The number of amides is 2. The molecule has 1 spiro atoms. The third-order valence-electron chi connectivity index (χ3n) is 6.14. The highest BCUT2D eigenvalue weighted by Crippen LogP contribution is 2.46. The van der Waals surface area contributed by atoms with Gasteiger partial charge in [0, 0.05) is 44.8 Å². The maximum Gasteiger partial charge on any atom is 0.289 e. The average Bonchev–Trinajstić information content (AvgIpc) is 3.27. The minimum absolute atomic E-state index is 0.0735. The van der Waals surface area contributed by atoms with E-state index in [1.54, 1.807) is 12.1 Å². The molecular weight excluding hydrogens is 380 g/mol. The lowest BCUT2D eigenvalue weighted by molar-refractivity contribution is -0.122. The van der Waals surface area contributed by atoms with E-state index in [-0.39, 0.29) is 23.3 Å². The zero-order chi connectivity index (χ0) is 21.1. The van der Waals surface area contributed by atoms with E-state index < -0.39 is 0 Å². The monoisotopic (exact) mass is 410 g/mol. The Hall–Kier alpha value is -2.76. The van der Waals surface area contributed by atoms with Gasteiger partial charge in [0.05, 0.1) is 6.26 Å². The molecule has 1 aromatic carbocycles. The zero-order valence-corrected chi connectivity index (χ0v) is 17.7. The number of nitrogens with zero attached hydrogens (tertiary/aromatic N) is 1. The molecule has 1 saturated heterocycles. The van der Waals surface area contributed by atoms with Crippen molar-refractivity contribution in [2.45, 2.75) is 51.0 Å². The van der Waals surface area contributed by atoms with E-state index in [2.05, 4.69) is 25.2 Å². The average molecular weight is 411 g/mol. The van der Waals surface area contributed by atoms with Crippen LogP contribution in [0.4, 0.5) is 0 Å². The van der Waals surface area contributed by atoms with Crippen LogP contribution in [-0.2, 0) is 4.79 Å². The number of fused-ring (bicyclic) bond motifs is 1. The molecular formula is C24H30N2O4. The van der Waals surface area contributed by atoms with Crippen LogP contribution in [0.2, 0.25) is 0 Å². The summed E-state index contributed by atoms with van der Waals surface area (Å²) in [5.74, 6) is 1.81. The Bertz CT molecular complexity index is 882. The number of carbonyl (C=O) groups excluding carboxylic acids is 2. The second-order valence-corrected chi connectivity index (χ2v) is 8.90. The fourth-order valence-corrected chi connectivity index (χ4v) is 4.52. The molecule has 6 heteroatoms.